The van der Waals surface area contributed by atoms with E-state index in [2.05, 4.69) is 5.32 Å². The standard InChI is InChI=1S/C17H15FN2O4/c1-2-24-14-7-3-12(4-8-14)5-10-17(21)19-13-6-9-15(18)16(11-13)20(22)23/h3-11H,2H2,1H3,(H,19,21)/b10-5+. The fourth-order valence-corrected chi connectivity index (χ4v) is 1.93. The number of rotatable bonds is 6. The average Bonchev–Trinajstić information content (AvgIpc) is 2.56. The Morgan fingerprint density at radius 3 is 2.62 bits per heavy atom. The van der Waals surface area contributed by atoms with E-state index in [1.807, 2.05) is 6.92 Å². The number of carbonyl (C=O) groups is 1. The molecule has 1 amide bonds. The zero-order valence-electron chi connectivity index (χ0n) is 12.9. The summed E-state index contributed by atoms with van der Waals surface area (Å²) < 4.78 is 18.6. The Bertz CT molecular complexity index is 773. The van der Waals surface area contributed by atoms with Crippen molar-refractivity contribution < 1.29 is 18.8 Å². The van der Waals surface area contributed by atoms with Gasteiger partial charge >= 0.3 is 5.69 Å². The molecule has 0 atom stereocenters. The molecule has 2 aromatic rings. The fourth-order valence-electron chi connectivity index (χ4n) is 1.93. The summed E-state index contributed by atoms with van der Waals surface area (Å²) in [6, 6.07) is 10.3. The van der Waals surface area contributed by atoms with Crippen LogP contribution in [0.25, 0.3) is 6.08 Å². The summed E-state index contributed by atoms with van der Waals surface area (Å²) in [4.78, 5) is 21.7. The maximum Gasteiger partial charge on any atom is 0.306 e. The first-order chi connectivity index (χ1) is 11.5. The lowest BCUT2D eigenvalue weighted by atomic mass is 10.2. The smallest absolute Gasteiger partial charge is 0.306 e. The van der Waals surface area contributed by atoms with E-state index in [0.717, 1.165) is 23.4 Å². The second kappa shape index (κ2) is 7.87. The minimum absolute atomic E-state index is 0.143. The third kappa shape index (κ3) is 4.64. The highest BCUT2D eigenvalue weighted by Gasteiger charge is 2.14. The van der Waals surface area contributed by atoms with E-state index < -0.39 is 22.3 Å². The van der Waals surface area contributed by atoms with E-state index in [0.29, 0.717) is 6.61 Å². The van der Waals surface area contributed by atoms with Crippen molar-refractivity contribution in [3.05, 3.63) is 70.0 Å². The van der Waals surface area contributed by atoms with Crippen molar-refractivity contribution in [3.63, 3.8) is 0 Å². The SMILES string of the molecule is CCOc1ccc(/C=C/C(=O)Nc2ccc(F)c([N+](=O)[O-])c2)cc1. The number of nitro groups is 1. The fraction of sp³-hybridized carbons (Fsp3) is 0.118. The molecule has 0 bridgehead atoms. The van der Waals surface area contributed by atoms with E-state index in [4.69, 9.17) is 4.74 Å². The average molecular weight is 330 g/mol. The number of benzene rings is 2. The highest BCUT2D eigenvalue weighted by Crippen LogP contribution is 2.21. The van der Waals surface area contributed by atoms with Gasteiger partial charge in [-0.2, -0.15) is 4.39 Å². The number of nitrogens with zero attached hydrogens (tertiary/aromatic N) is 1. The maximum atomic E-state index is 13.2. The largest absolute Gasteiger partial charge is 0.494 e. The van der Waals surface area contributed by atoms with Crippen LogP contribution in [0.3, 0.4) is 0 Å². The Labute approximate surface area is 137 Å². The molecule has 6 nitrogen and oxygen atoms in total. The van der Waals surface area contributed by atoms with Crippen LogP contribution in [-0.2, 0) is 4.79 Å². The molecule has 7 heteroatoms. The molecule has 0 aliphatic rings. The summed E-state index contributed by atoms with van der Waals surface area (Å²) in [7, 11) is 0. The molecule has 0 saturated carbocycles. The molecule has 2 aromatic carbocycles. The van der Waals surface area contributed by atoms with Gasteiger partial charge in [0.2, 0.25) is 11.7 Å². The van der Waals surface area contributed by atoms with E-state index in [1.54, 1.807) is 30.3 Å². The number of anilines is 1. The predicted molar refractivity (Wildman–Crippen MR) is 88.3 cm³/mol. The normalized spacial score (nSPS) is 10.6. The second-order valence-electron chi connectivity index (χ2n) is 4.75. The first-order valence-corrected chi connectivity index (χ1v) is 7.15. The molecule has 0 aliphatic heterocycles. The quantitative estimate of drug-likeness (QED) is 0.496. The first kappa shape index (κ1) is 17.1. The van der Waals surface area contributed by atoms with Crippen molar-refractivity contribution in [2.45, 2.75) is 6.92 Å². The van der Waals surface area contributed by atoms with Crippen molar-refractivity contribution in [2.24, 2.45) is 0 Å². The lowest BCUT2D eigenvalue weighted by Crippen LogP contribution is -2.08. The van der Waals surface area contributed by atoms with Crippen molar-refractivity contribution in [3.8, 4) is 5.75 Å². The van der Waals surface area contributed by atoms with E-state index >= 15 is 0 Å². The molecule has 0 heterocycles. The van der Waals surface area contributed by atoms with E-state index in [1.165, 1.54) is 12.1 Å². The zero-order chi connectivity index (χ0) is 17.5. The van der Waals surface area contributed by atoms with Crippen LogP contribution in [0.1, 0.15) is 12.5 Å². The molecule has 2 rings (SSSR count). The van der Waals surface area contributed by atoms with Crippen molar-refractivity contribution >= 4 is 23.4 Å². The van der Waals surface area contributed by atoms with Gasteiger partial charge in [0, 0.05) is 17.8 Å². The molecule has 0 aromatic heterocycles. The van der Waals surface area contributed by atoms with Crippen LogP contribution in [-0.4, -0.2) is 17.4 Å². The predicted octanol–water partition coefficient (Wildman–Crippen LogP) is 3.78. The number of hydrogen-bond donors (Lipinski definition) is 1. The molecular weight excluding hydrogens is 315 g/mol. The molecule has 0 unspecified atom stereocenters. The number of hydrogen-bond acceptors (Lipinski definition) is 4. The maximum absolute atomic E-state index is 13.2. The molecule has 0 radical (unpaired) electrons. The topological polar surface area (TPSA) is 81.5 Å². The number of halogens is 1. The van der Waals surface area contributed by atoms with E-state index in [-0.39, 0.29) is 5.69 Å². The lowest BCUT2D eigenvalue weighted by Gasteiger charge is -2.03. The molecule has 0 fully saturated rings. The van der Waals surface area contributed by atoms with Crippen molar-refractivity contribution in [1.82, 2.24) is 0 Å². The Kier molecular flexibility index (Phi) is 5.62. The lowest BCUT2D eigenvalue weighted by molar-refractivity contribution is -0.387. The number of ether oxygens (including phenoxy) is 1. The van der Waals surface area contributed by atoms with Crippen LogP contribution in [0.15, 0.2) is 48.5 Å². The highest BCUT2D eigenvalue weighted by molar-refractivity contribution is 6.02. The third-order valence-corrected chi connectivity index (χ3v) is 3.03. The third-order valence-electron chi connectivity index (χ3n) is 3.03. The van der Waals surface area contributed by atoms with Gasteiger partial charge < -0.3 is 10.1 Å². The molecule has 24 heavy (non-hydrogen) atoms. The Balaban J connectivity index is 2.02. The van der Waals surface area contributed by atoms with Gasteiger partial charge in [-0.1, -0.05) is 12.1 Å². The number of nitro benzene ring substituents is 1. The van der Waals surface area contributed by atoms with Gasteiger partial charge in [0.05, 0.1) is 11.5 Å². The summed E-state index contributed by atoms with van der Waals surface area (Å²) in [5, 5.41) is 13.1. The van der Waals surface area contributed by atoms with Crippen LogP contribution < -0.4 is 10.1 Å². The van der Waals surface area contributed by atoms with Gasteiger partial charge in [-0.05, 0) is 42.8 Å². The molecular formula is C17H15FN2O4. The Morgan fingerprint density at radius 2 is 2.00 bits per heavy atom. The zero-order valence-corrected chi connectivity index (χ0v) is 12.9. The van der Waals surface area contributed by atoms with Crippen LogP contribution >= 0.6 is 0 Å². The number of carbonyl (C=O) groups excluding carboxylic acids is 1. The van der Waals surface area contributed by atoms with Crippen molar-refractivity contribution in [2.75, 3.05) is 11.9 Å². The molecule has 1 N–H and O–H groups in total. The molecule has 0 aliphatic carbocycles. The first-order valence-electron chi connectivity index (χ1n) is 7.15. The summed E-state index contributed by atoms with van der Waals surface area (Å²) in [5.41, 5.74) is 0.242. The van der Waals surface area contributed by atoms with Crippen LogP contribution in [0.4, 0.5) is 15.8 Å². The van der Waals surface area contributed by atoms with Crippen LogP contribution in [0, 0.1) is 15.9 Å². The van der Waals surface area contributed by atoms with Gasteiger partial charge in [-0.3, -0.25) is 14.9 Å². The Hall–Kier alpha value is -3.22. The van der Waals surface area contributed by atoms with Gasteiger partial charge in [-0.15, -0.1) is 0 Å². The second-order valence-corrected chi connectivity index (χ2v) is 4.75. The summed E-state index contributed by atoms with van der Waals surface area (Å²) >= 11 is 0. The number of nitrogens with one attached hydrogen (secondary N) is 1. The summed E-state index contributed by atoms with van der Waals surface area (Å²) in [6.07, 6.45) is 2.87. The van der Waals surface area contributed by atoms with Crippen LogP contribution in [0.5, 0.6) is 5.75 Å². The molecule has 124 valence electrons. The monoisotopic (exact) mass is 330 g/mol. The summed E-state index contributed by atoms with van der Waals surface area (Å²) in [6.45, 7) is 2.46. The van der Waals surface area contributed by atoms with Crippen molar-refractivity contribution in [1.29, 1.82) is 0 Å². The van der Waals surface area contributed by atoms with Gasteiger partial charge in [0.25, 0.3) is 0 Å². The van der Waals surface area contributed by atoms with Crippen LogP contribution in [0.2, 0.25) is 0 Å². The highest BCUT2D eigenvalue weighted by atomic mass is 19.1. The van der Waals surface area contributed by atoms with E-state index in [9.17, 15) is 19.3 Å². The Morgan fingerprint density at radius 1 is 1.29 bits per heavy atom. The molecule has 0 saturated heterocycles. The number of amides is 1. The minimum atomic E-state index is -0.956. The summed E-state index contributed by atoms with van der Waals surface area (Å²) in [5.74, 6) is -0.703. The molecule has 0 spiro atoms. The van der Waals surface area contributed by atoms with Gasteiger partial charge in [0.15, 0.2) is 0 Å². The minimum Gasteiger partial charge on any atom is -0.494 e. The van der Waals surface area contributed by atoms with Gasteiger partial charge in [0.1, 0.15) is 5.75 Å². The van der Waals surface area contributed by atoms with Gasteiger partial charge in [-0.25, -0.2) is 0 Å².